The molecule has 0 atom stereocenters. The van der Waals surface area contributed by atoms with Crippen molar-refractivity contribution in [1.82, 2.24) is 10.1 Å². The second-order valence-electron chi connectivity index (χ2n) is 2.98. The quantitative estimate of drug-likeness (QED) is 0.879. The average molecular weight is 300 g/mol. The molecule has 0 unspecified atom stereocenters. The lowest BCUT2D eigenvalue weighted by Gasteiger charge is -2.00. The zero-order chi connectivity index (χ0) is 11.4. The number of hydrogen-bond donors (Lipinski definition) is 1. The largest absolute Gasteiger partial charge is 0.341 e. The third-order valence-corrected chi connectivity index (χ3v) is 3.90. The fourth-order valence-corrected chi connectivity index (χ4v) is 2.53. The van der Waals surface area contributed by atoms with E-state index in [0.717, 1.165) is 4.47 Å². The lowest BCUT2D eigenvalue weighted by atomic mass is 10.4. The predicted octanol–water partition coefficient (Wildman–Crippen LogP) is 3.17. The Hall–Kier alpha value is -1.01. The van der Waals surface area contributed by atoms with Crippen LogP contribution >= 0.6 is 27.7 Å². The molecule has 0 saturated carbocycles. The van der Waals surface area contributed by atoms with Gasteiger partial charge >= 0.3 is 6.01 Å². The summed E-state index contributed by atoms with van der Waals surface area (Å²) in [6, 6.07) is 8.50. The molecule has 1 heterocycles. The van der Waals surface area contributed by atoms with Crippen LogP contribution in [-0.2, 0) is 5.75 Å². The highest BCUT2D eigenvalue weighted by Crippen LogP contribution is 2.29. The van der Waals surface area contributed by atoms with E-state index in [0.29, 0.717) is 17.6 Å². The third-order valence-electron chi connectivity index (χ3n) is 1.88. The summed E-state index contributed by atoms with van der Waals surface area (Å²) in [7, 11) is 1.75. The summed E-state index contributed by atoms with van der Waals surface area (Å²) in [5.41, 5.74) is 0. The number of halogens is 1. The maximum atomic E-state index is 4.94. The fourth-order valence-electron chi connectivity index (χ4n) is 1.12. The van der Waals surface area contributed by atoms with Crippen LogP contribution in [0.5, 0.6) is 0 Å². The van der Waals surface area contributed by atoms with Gasteiger partial charge < -0.3 is 9.84 Å². The summed E-state index contributed by atoms with van der Waals surface area (Å²) in [6.07, 6.45) is 0. The lowest BCUT2D eigenvalue weighted by molar-refractivity contribution is 0.427. The Balaban J connectivity index is 1.99. The van der Waals surface area contributed by atoms with Crippen molar-refractivity contribution in [3.05, 3.63) is 34.6 Å². The van der Waals surface area contributed by atoms with Gasteiger partial charge in [-0.1, -0.05) is 17.3 Å². The Bertz CT molecular complexity index is 475. The van der Waals surface area contributed by atoms with E-state index in [-0.39, 0.29) is 0 Å². The van der Waals surface area contributed by atoms with E-state index >= 15 is 0 Å². The Morgan fingerprint density at radius 2 is 2.25 bits per heavy atom. The molecule has 4 nitrogen and oxygen atoms in total. The van der Waals surface area contributed by atoms with Crippen LogP contribution in [0, 0.1) is 0 Å². The Morgan fingerprint density at radius 3 is 2.94 bits per heavy atom. The van der Waals surface area contributed by atoms with Crippen molar-refractivity contribution in [1.29, 1.82) is 0 Å². The molecule has 0 saturated heterocycles. The van der Waals surface area contributed by atoms with Gasteiger partial charge in [-0.2, -0.15) is 4.98 Å². The fraction of sp³-hybridized carbons (Fsp3) is 0.200. The van der Waals surface area contributed by atoms with E-state index in [2.05, 4.69) is 31.4 Å². The lowest BCUT2D eigenvalue weighted by Crippen LogP contribution is -1.88. The molecular weight excluding hydrogens is 290 g/mol. The molecule has 0 aliphatic rings. The number of benzene rings is 1. The van der Waals surface area contributed by atoms with Crippen molar-refractivity contribution in [2.75, 3.05) is 12.4 Å². The minimum absolute atomic E-state index is 0.447. The molecule has 1 aromatic carbocycles. The molecule has 1 N–H and O–H groups in total. The number of rotatable bonds is 4. The molecule has 16 heavy (non-hydrogen) atoms. The van der Waals surface area contributed by atoms with Gasteiger partial charge in [0.2, 0.25) is 0 Å². The van der Waals surface area contributed by atoms with Gasteiger partial charge in [0.15, 0.2) is 5.82 Å². The molecule has 6 heteroatoms. The van der Waals surface area contributed by atoms with Crippen LogP contribution < -0.4 is 5.32 Å². The topological polar surface area (TPSA) is 51.0 Å². The molecule has 0 aliphatic heterocycles. The Morgan fingerprint density at radius 1 is 1.44 bits per heavy atom. The summed E-state index contributed by atoms with van der Waals surface area (Å²) in [5.74, 6) is 1.37. The van der Waals surface area contributed by atoms with Gasteiger partial charge in [0.1, 0.15) is 0 Å². The summed E-state index contributed by atoms with van der Waals surface area (Å²) in [5, 5.41) is 6.65. The van der Waals surface area contributed by atoms with Crippen molar-refractivity contribution in [2.24, 2.45) is 0 Å². The van der Waals surface area contributed by atoms with E-state index in [1.807, 2.05) is 24.3 Å². The zero-order valence-corrected chi connectivity index (χ0v) is 11.0. The molecule has 1 aromatic heterocycles. The van der Waals surface area contributed by atoms with Crippen molar-refractivity contribution in [3.8, 4) is 0 Å². The van der Waals surface area contributed by atoms with Gasteiger partial charge in [-0.3, -0.25) is 0 Å². The SMILES string of the molecule is CNc1nc(CSc2ccccc2Br)no1. The van der Waals surface area contributed by atoms with Crippen LogP contribution in [0.2, 0.25) is 0 Å². The van der Waals surface area contributed by atoms with E-state index < -0.39 is 0 Å². The predicted molar refractivity (Wildman–Crippen MR) is 67.5 cm³/mol. The second-order valence-corrected chi connectivity index (χ2v) is 4.86. The molecule has 0 fully saturated rings. The summed E-state index contributed by atoms with van der Waals surface area (Å²) in [6.45, 7) is 0. The molecule has 2 aromatic rings. The molecular formula is C10H10BrN3OS. The average Bonchev–Trinajstić information content (AvgIpc) is 2.76. The molecule has 0 amide bonds. The minimum atomic E-state index is 0.447. The number of nitrogens with zero attached hydrogens (tertiary/aromatic N) is 2. The van der Waals surface area contributed by atoms with Crippen molar-refractivity contribution in [2.45, 2.75) is 10.6 Å². The van der Waals surface area contributed by atoms with Gasteiger partial charge in [-0.25, -0.2) is 0 Å². The maximum absolute atomic E-state index is 4.94. The highest BCUT2D eigenvalue weighted by molar-refractivity contribution is 9.10. The molecule has 2 rings (SSSR count). The summed E-state index contributed by atoms with van der Waals surface area (Å²) in [4.78, 5) is 5.31. The van der Waals surface area contributed by atoms with Crippen molar-refractivity contribution < 1.29 is 4.52 Å². The molecule has 0 radical (unpaired) electrons. The first-order valence-electron chi connectivity index (χ1n) is 4.67. The Labute approximate surface area is 106 Å². The summed E-state index contributed by atoms with van der Waals surface area (Å²) < 4.78 is 6.02. The first-order valence-corrected chi connectivity index (χ1v) is 6.45. The molecule has 0 spiro atoms. The third kappa shape index (κ3) is 2.76. The Kier molecular flexibility index (Phi) is 3.84. The monoisotopic (exact) mass is 299 g/mol. The van der Waals surface area contributed by atoms with Gasteiger partial charge in [0, 0.05) is 16.4 Å². The highest BCUT2D eigenvalue weighted by atomic mass is 79.9. The number of anilines is 1. The van der Waals surface area contributed by atoms with Crippen LogP contribution in [0.25, 0.3) is 0 Å². The van der Waals surface area contributed by atoms with Crippen LogP contribution in [0.1, 0.15) is 5.82 Å². The first kappa shape index (κ1) is 11.5. The number of nitrogens with one attached hydrogen (secondary N) is 1. The van der Waals surface area contributed by atoms with Gasteiger partial charge in [0.05, 0.1) is 5.75 Å². The van der Waals surface area contributed by atoms with Gasteiger partial charge in [-0.05, 0) is 28.1 Å². The van der Waals surface area contributed by atoms with E-state index in [9.17, 15) is 0 Å². The second kappa shape index (κ2) is 5.36. The van der Waals surface area contributed by atoms with Crippen LogP contribution in [0.3, 0.4) is 0 Å². The molecule has 84 valence electrons. The van der Waals surface area contributed by atoms with E-state index in [1.165, 1.54) is 4.90 Å². The van der Waals surface area contributed by atoms with Crippen LogP contribution in [-0.4, -0.2) is 17.2 Å². The van der Waals surface area contributed by atoms with Crippen molar-refractivity contribution in [3.63, 3.8) is 0 Å². The van der Waals surface area contributed by atoms with Gasteiger partial charge in [-0.15, -0.1) is 11.8 Å². The van der Waals surface area contributed by atoms with Gasteiger partial charge in [0.25, 0.3) is 0 Å². The zero-order valence-electron chi connectivity index (χ0n) is 8.61. The first-order chi connectivity index (χ1) is 7.79. The molecule has 0 bridgehead atoms. The van der Waals surface area contributed by atoms with Crippen molar-refractivity contribution >= 4 is 33.7 Å². The summed E-state index contributed by atoms with van der Waals surface area (Å²) >= 11 is 5.16. The van der Waals surface area contributed by atoms with Crippen LogP contribution in [0.4, 0.5) is 6.01 Å². The number of hydrogen-bond acceptors (Lipinski definition) is 5. The number of aromatic nitrogens is 2. The van der Waals surface area contributed by atoms with E-state index in [1.54, 1.807) is 18.8 Å². The maximum Gasteiger partial charge on any atom is 0.321 e. The number of thioether (sulfide) groups is 1. The van der Waals surface area contributed by atoms with Crippen LogP contribution in [0.15, 0.2) is 38.2 Å². The normalized spacial score (nSPS) is 10.4. The standard InChI is InChI=1S/C10H10BrN3OS/c1-12-10-13-9(14-15-10)6-16-8-5-3-2-4-7(8)11/h2-5H,6H2,1H3,(H,12,13,14). The van der Waals surface area contributed by atoms with E-state index in [4.69, 9.17) is 4.52 Å². The highest BCUT2D eigenvalue weighted by Gasteiger charge is 2.06. The smallest absolute Gasteiger partial charge is 0.321 e. The molecule has 0 aliphatic carbocycles. The minimum Gasteiger partial charge on any atom is -0.341 e.